The molecule has 0 fully saturated rings. The zero-order valence-corrected chi connectivity index (χ0v) is 12.1. The number of anilines is 1. The van der Waals surface area contributed by atoms with Crippen LogP contribution in [0.1, 0.15) is 25.1 Å². The van der Waals surface area contributed by atoms with E-state index in [1.165, 1.54) is 0 Å². The van der Waals surface area contributed by atoms with E-state index in [0.717, 1.165) is 11.3 Å². The minimum absolute atomic E-state index is 0.0207. The first kappa shape index (κ1) is 15.1. The van der Waals surface area contributed by atoms with Gasteiger partial charge in [0.25, 0.3) is 0 Å². The Morgan fingerprint density at radius 2 is 2.10 bits per heavy atom. The summed E-state index contributed by atoms with van der Waals surface area (Å²) in [5.74, 6) is 0.365. The van der Waals surface area contributed by atoms with E-state index in [2.05, 4.69) is 15.5 Å². The van der Waals surface area contributed by atoms with E-state index in [1.54, 1.807) is 6.07 Å². The predicted molar refractivity (Wildman–Crippen MR) is 78.9 cm³/mol. The lowest BCUT2D eigenvalue weighted by Gasteiger charge is -2.18. The van der Waals surface area contributed by atoms with Crippen LogP contribution in [0.25, 0.3) is 0 Å². The molecule has 1 aromatic carbocycles. The molecule has 1 heterocycles. The van der Waals surface area contributed by atoms with Gasteiger partial charge in [0.1, 0.15) is 6.61 Å². The molecule has 0 radical (unpaired) electrons. The summed E-state index contributed by atoms with van der Waals surface area (Å²) in [7, 11) is 0. The summed E-state index contributed by atoms with van der Waals surface area (Å²) in [6, 6.07) is 11.1. The monoisotopic (exact) mass is 289 g/mol. The minimum Gasteiger partial charge on any atom is -0.444 e. The second-order valence-electron chi connectivity index (χ2n) is 5.40. The maximum Gasteiger partial charge on any atom is 0.413 e. The first-order valence-electron chi connectivity index (χ1n) is 6.66. The number of amides is 1. The van der Waals surface area contributed by atoms with Gasteiger partial charge in [0.05, 0.1) is 6.61 Å². The molecule has 1 amide bonds. The fraction of sp³-hybridized carbons (Fsp3) is 0.333. The fourth-order valence-electron chi connectivity index (χ4n) is 1.68. The average Bonchev–Trinajstić information content (AvgIpc) is 2.95. The number of benzene rings is 1. The zero-order chi connectivity index (χ0) is 15.3. The number of carbonyl (C=O) groups is 1. The third-order valence-electron chi connectivity index (χ3n) is 3.15. The number of aromatic nitrogens is 2. The van der Waals surface area contributed by atoms with Crippen LogP contribution in [0.15, 0.2) is 36.4 Å². The molecular formula is C15H19N3O3. The van der Waals surface area contributed by atoms with Crippen molar-refractivity contribution in [1.82, 2.24) is 10.2 Å². The molecule has 21 heavy (non-hydrogen) atoms. The molecule has 2 rings (SSSR count). The highest BCUT2D eigenvalue weighted by atomic mass is 16.5. The van der Waals surface area contributed by atoms with Gasteiger partial charge in [0.15, 0.2) is 5.82 Å². The first-order valence-corrected chi connectivity index (χ1v) is 6.66. The number of nitrogens with zero attached hydrogens (tertiary/aromatic N) is 1. The highest BCUT2D eigenvalue weighted by Gasteiger charge is 2.22. The van der Waals surface area contributed by atoms with Gasteiger partial charge in [-0.05, 0) is 5.56 Å². The molecule has 6 heteroatoms. The molecule has 0 unspecified atom stereocenters. The van der Waals surface area contributed by atoms with Crippen LogP contribution in [0, 0.1) is 0 Å². The van der Waals surface area contributed by atoms with Crippen LogP contribution >= 0.6 is 0 Å². The summed E-state index contributed by atoms with van der Waals surface area (Å²) in [4.78, 5) is 11.7. The lowest BCUT2D eigenvalue weighted by Crippen LogP contribution is -2.22. The third kappa shape index (κ3) is 4.06. The summed E-state index contributed by atoms with van der Waals surface area (Å²) in [5, 5.41) is 18.6. The van der Waals surface area contributed by atoms with Gasteiger partial charge in [-0.2, -0.15) is 5.10 Å². The summed E-state index contributed by atoms with van der Waals surface area (Å²) in [6.07, 6.45) is -0.571. The van der Waals surface area contributed by atoms with Crippen molar-refractivity contribution in [2.75, 3.05) is 11.9 Å². The number of H-pyrrole nitrogens is 1. The van der Waals surface area contributed by atoms with Crippen molar-refractivity contribution < 1.29 is 14.6 Å². The lowest BCUT2D eigenvalue weighted by atomic mass is 9.91. The Morgan fingerprint density at radius 1 is 1.38 bits per heavy atom. The van der Waals surface area contributed by atoms with Crippen LogP contribution in [0.4, 0.5) is 10.6 Å². The Hall–Kier alpha value is -2.34. The molecule has 3 N–H and O–H groups in total. The summed E-state index contributed by atoms with van der Waals surface area (Å²) in [6.45, 7) is 3.93. The Bertz CT molecular complexity index is 593. The highest BCUT2D eigenvalue weighted by Crippen LogP contribution is 2.22. The number of ether oxygens (including phenoxy) is 1. The van der Waals surface area contributed by atoms with Crippen molar-refractivity contribution in [3.63, 3.8) is 0 Å². The maximum atomic E-state index is 11.7. The number of hydrogen-bond donors (Lipinski definition) is 3. The first-order chi connectivity index (χ1) is 10.0. The van der Waals surface area contributed by atoms with Gasteiger partial charge in [0, 0.05) is 17.2 Å². The molecule has 1 aromatic heterocycles. The molecule has 0 aliphatic heterocycles. The van der Waals surface area contributed by atoms with Crippen molar-refractivity contribution in [2.45, 2.75) is 25.9 Å². The number of aromatic amines is 1. The van der Waals surface area contributed by atoms with Crippen molar-refractivity contribution >= 4 is 11.9 Å². The molecule has 0 saturated heterocycles. The standard InChI is InChI=1S/C15H19N3O3/c1-15(2,10-19)12-8-13(18-17-12)16-14(20)21-9-11-6-4-3-5-7-11/h3-8,19H,9-10H2,1-2H3,(H2,16,17,18,20). The van der Waals surface area contributed by atoms with Gasteiger partial charge in [-0.15, -0.1) is 0 Å². The van der Waals surface area contributed by atoms with Gasteiger partial charge in [-0.3, -0.25) is 10.4 Å². The van der Waals surface area contributed by atoms with Crippen molar-refractivity contribution in [1.29, 1.82) is 0 Å². The summed E-state index contributed by atoms with van der Waals surface area (Å²) in [5.41, 5.74) is 1.21. The number of aliphatic hydroxyl groups is 1. The van der Waals surface area contributed by atoms with E-state index in [-0.39, 0.29) is 13.2 Å². The number of carbonyl (C=O) groups excluding carboxylic acids is 1. The van der Waals surface area contributed by atoms with E-state index in [9.17, 15) is 9.90 Å². The topological polar surface area (TPSA) is 87.2 Å². The molecule has 6 nitrogen and oxygen atoms in total. The molecule has 0 atom stereocenters. The van der Waals surface area contributed by atoms with Crippen molar-refractivity contribution in [3.05, 3.63) is 47.7 Å². The van der Waals surface area contributed by atoms with E-state index >= 15 is 0 Å². The third-order valence-corrected chi connectivity index (χ3v) is 3.15. The Balaban J connectivity index is 1.89. The van der Waals surface area contributed by atoms with E-state index in [1.807, 2.05) is 44.2 Å². The van der Waals surface area contributed by atoms with E-state index in [4.69, 9.17) is 4.74 Å². The quantitative estimate of drug-likeness (QED) is 0.789. The largest absolute Gasteiger partial charge is 0.444 e. The molecule has 0 spiro atoms. The van der Waals surface area contributed by atoms with Crippen molar-refractivity contribution in [2.24, 2.45) is 0 Å². The average molecular weight is 289 g/mol. The predicted octanol–water partition coefficient (Wildman–Crippen LogP) is 2.43. The molecule has 112 valence electrons. The molecule has 0 saturated carbocycles. The zero-order valence-electron chi connectivity index (χ0n) is 12.1. The second-order valence-corrected chi connectivity index (χ2v) is 5.40. The summed E-state index contributed by atoms with van der Waals surface area (Å²) < 4.78 is 5.10. The van der Waals surface area contributed by atoms with Gasteiger partial charge < -0.3 is 9.84 Å². The highest BCUT2D eigenvalue weighted by molar-refractivity contribution is 5.83. The Kier molecular flexibility index (Phi) is 4.59. The summed E-state index contributed by atoms with van der Waals surface area (Å²) >= 11 is 0. The van der Waals surface area contributed by atoms with Gasteiger partial charge >= 0.3 is 6.09 Å². The SMILES string of the molecule is CC(C)(CO)c1cc(NC(=O)OCc2ccccc2)n[nH]1. The Labute approximate surface area is 123 Å². The van der Waals surface area contributed by atoms with Crippen LogP contribution < -0.4 is 5.32 Å². The van der Waals surface area contributed by atoms with Gasteiger partial charge in [-0.1, -0.05) is 44.2 Å². The second kappa shape index (κ2) is 6.41. The fourth-order valence-corrected chi connectivity index (χ4v) is 1.68. The van der Waals surface area contributed by atoms with Crippen molar-refractivity contribution in [3.8, 4) is 0 Å². The molecule has 0 bridgehead atoms. The van der Waals surface area contributed by atoms with Crippen LogP contribution in [0.3, 0.4) is 0 Å². The van der Waals surface area contributed by atoms with Crippen LogP contribution in [-0.2, 0) is 16.8 Å². The number of rotatable bonds is 5. The normalized spacial score (nSPS) is 11.2. The lowest BCUT2D eigenvalue weighted by molar-refractivity contribution is 0.155. The minimum atomic E-state index is -0.571. The molecule has 0 aliphatic carbocycles. The van der Waals surface area contributed by atoms with Gasteiger partial charge in [-0.25, -0.2) is 4.79 Å². The maximum absolute atomic E-state index is 11.7. The van der Waals surface area contributed by atoms with E-state index < -0.39 is 11.5 Å². The molecule has 2 aromatic rings. The number of nitrogens with one attached hydrogen (secondary N) is 2. The smallest absolute Gasteiger partial charge is 0.413 e. The van der Waals surface area contributed by atoms with Gasteiger partial charge in [0.2, 0.25) is 0 Å². The Morgan fingerprint density at radius 3 is 2.76 bits per heavy atom. The van der Waals surface area contributed by atoms with Crippen LogP contribution in [-0.4, -0.2) is 28.0 Å². The van der Waals surface area contributed by atoms with Crippen LogP contribution in [0.5, 0.6) is 0 Å². The van der Waals surface area contributed by atoms with Crippen LogP contribution in [0.2, 0.25) is 0 Å². The molecule has 0 aliphatic rings. The number of hydrogen-bond acceptors (Lipinski definition) is 4. The molecular weight excluding hydrogens is 270 g/mol. The number of aliphatic hydroxyl groups excluding tert-OH is 1. The van der Waals surface area contributed by atoms with E-state index in [0.29, 0.717) is 5.82 Å².